The lowest BCUT2D eigenvalue weighted by Gasteiger charge is -2.14. The maximum atomic E-state index is 12.0. The van der Waals surface area contributed by atoms with Crippen molar-refractivity contribution in [2.45, 2.75) is 20.0 Å². The van der Waals surface area contributed by atoms with Crippen LogP contribution in [0.15, 0.2) is 46.9 Å². The molecule has 2 aromatic rings. The molecule has 0 saturated carbocycles. The SMILES string of the molecule is Cc1cc(Br)ccc1NC(=O)COC(=O)C(C)Oc1ccc(C#N)cc1. The summed E-state index contributed by atoms with van der Waals surface area (Å²) in [7, 11) is 0. The minimum Gasteiger partial charge on any atom is -0.479 e. The van der Waals surface area contributed by atoms with Gasteiger partial charge in [0, 0.05) is 10.2 Å². The summed E-state index contributed by atoms with van der Waals surface area (Å²) in [5.41, 5.74) is 2.03. The molecule has 0 aromatic heterocycles. The lowest BCUT2D eigenvalue weighted by Crippen LogP contribution is -2.29. The van der Waals surface area contributed by atoms with Crippen LogP contribution >= 0.6 is 15.9 Å². The maximum absolute atomic E-state index is 12.0. The summed E-state index contributed by atoms with van der Waals surface area (Å²) in [6, 6.07) is 13.8. The molecule has 0 heterocycles. The van der Waals surface area contributed by atoms with Crippen LogP contribution in [0.25, 0.3) is 0 Å². The van der Waals surface area contributed by atoms with Crippen molar-refractivity contribution < 1.29 is 19.1 Å². The van der Waals surface area contributed by atoms with E-state index in [1.165, 1.54) is 6.92 Å². The third-order valence-corrected chi connectivity index (χ3v) is 3.93. The number of amides is 1. The standard InChI is InChI=1S/C19H17BrN2O4/c1-12-9-15(20)5-8-17(12)22-18(23)11-25-19(24)13(2)26-16-6-3-14(10-21)4-7-16/h3-9,13H,11H2,1-2H3,(H,22,23). The van der Waals surface area contributed by atoms with Gasteiger partial charge in [-0.3, -0.25) is 4.79 Å². The molecule has 0 spiro atoms. The number of carbonyl (C=O) groups is 2. The number of aryl methyl sites for hydroxylation is 1. The third kappa shape index (κ3) is 5.60. The van der Waals surface area contributed by atoms with Crippen LogP contribution in [0.4, 0.5) is 5.69 Å². The van der Waals surface area contributed by atoms with Crippen molar-refractivity contribution in [1.29, 1.82) is 5.26 Å². The number of esters is 1. The van der Waals surface area contributed by atoms with E-state index in [0.717, 1.165) is 10.0 Å². The number of carbonyl (C=O) groups excluding carboxylic acids is 2. The van der Waals surface area contributed by atoms with Crippen molar-refractivity contribution in [2.24, 2.45) is 0 Å². The Morgan fingerprint density at radius 3 is 2.54 bits per heavy atom. The molecule has 0 aliphatic rings. The summed E-state index contributed by atoms with van der Waals surface area (Å²) in [5.74, 6) is -0.658. The van der Waals surface area contributed by atoms with Crippen molar-refractivity contribution in [1.82, 2.24) is 0 Å². The second kappa shape index (κ2) is 9.02. The first-order valence-electron chi connectivity index (χ1n) is 7.78. The van der Waals surface area contributed by atoms with Gasteiger partial charge in [0.15, 0.2) is 12.7 Å². The van der Waals surface area contributed by atoms with E-state index in [1.54, 1.807) is 30.3 Å². The van der Waals surface area contributed by atoms with Crippen LogP contribution in [0.5, 0.6) is 5.75 Å². The molecule has 1 N–H and O–H groups in total. The van der Waals surface area contributed by atoms with Crippen molar-refractivity contribution in [3.8, 4) is 11.8 Å². The molecule has 0 fully saturated rings. The molecule has 6 nitrogen and oxygen atoms in total. The predicted octanol–water partition coefficient (Wildman–Crippen LogP) is 3.58. The van der Waals surface area contributed by atoms with Gasteiger partial charge >= 0.3 is 5.97 Å². The molecule has 0 aliphatic carbocycles. The van der Waals surface area contributed by atoms with Crippen LogP contribution in [0, 0.1) is 18.3 Å². The van der Waals surface area contributed by atoms with Crippen LogP contribution < -0.4 is 10.1 Å². The van der Waals surface area contributed by atoms with Crippen molar-refractivity contribution in [3.63, 3.8) is 0 Å². The summed E-state index contributed by atoms with van der Waals surface area (Å²) in [4.78, 5) is 23.9. The Bertz CT molecular complexity index is 844. The number of anilines is 1. The van der Waals surface area contributed by atoms with E-state index in [2.05, 4.69) is 21.2 Å². The van der Waals surface area contributed by atoms with Gasteiger partial charge in [-0.1, -0.05) is 15.9 Å². The summed E-state index contributed by atoms with van der Waals surface area (Å²) in [6.45, 7) is 2.98. The minimum absolute atomic E-state index is 0.407. The fraction of sp³-hybridized carbons (Fsp3) is 0.211. The number of nitrogens with one attached hydrogen (secondary N) is 1. The topological polar surface area (TPSA) is 88.4 Å². The van der Waals surface area contributed by atoms with Gasteiger partial charge in [-0.2, -0.15) is 5.26 Å². The molecule has 0 saturated heterocycles. The fourth-order valence-corrected chi connectivity index (χ4v) is 2.54. The molecule has 0 aliphatic heterocycles. The van der Waals surface area contributed by atoms with E-state index < -0.39 is 24.6 Å². The second-order valence-corrected chi connectivity index (χ2v) is 6.43. The van der Waals surface area contributed by atoms with Crippen LogP contribution in [0.1, 0.15) is 18.1 Å². The Balaban J connectivity index is 1.82. The summed E-state index contributed by atoms with van der Waals surface area (Å²) in [5, 5.41) is 11.4. The van der Waals surface area contributed by atoms with Gasteiger partial charge in [-0.25, -0.2) is 4.79 Å². The quantitative estimate of drug-likeness (QED) is 0.726. The highest BCUT2D eigenvalue weighted by molar-refractivity contribution is 9.10. The zero-order valence-electron chi connectivity index (χ0n) is 14.3. The first-order chi connectivity index (χ1) is 12.4. The molecule has 7 heteroatoms. The van der Waals surface area contributed by atoms with E-state index in [1.807, 2.05) is 25.1 Å². The normalized spacial score (nSPS) is 11.2. The Morgan fingerprint density at radius 1 is 1.23 bits per heavy atom. The molecule has 134 valence electrons. The number of ether oxygens (including phenoxy) is 2. The number of hydrogen-bond donors (Lipinski definition) is 1. The number of hydrogen-bond acceptors (Lipinski definition) is 5. The van der Waals surface area contributed by atoms with Gasteiger partial charge in [0.05, 0.1) is 11.6 Å². The summed E-state index contributed by atoms with van der Waals surface area (Å²) in [6.07, 6.45) is -0.884. The molecule has 1 unspecified atom stereocenters. The molecular formula is C19H17BrN2O4. The highest BCUT2D eigenvalue weighted by atomic mass is 79.9. The van der Waals surface area contributed by atoms with E-state index in [0.29, 0.717) is 17.0 Å². The monoisotopic (exact) mass is 416 g/mol. The molecule has 1 amide bonds. The zero-order chi connectivity index (χ0) is 19.1. The minimum atomic E-state index is -0.884. The molecule has 1 atom stereocenters. The fourth-order valence-electron chi connectivity index (χ4n) is 2.07. The van der Waals surface area contributed by atoms with Gasteiger partial charge in [-0.05, 0) is 61.9 Å². The van der Waals surface area contributed by atoms with Crippen LogP contribution in [0.3, 0.4) is 0 Å². The molecule has 2 rings (SSSR count). The van der Waals surface area contributed by atoms with Gasteiger partial charge < -0.3 is 14.8 Å². The van der Waals surface area contributed by atoms with E-state index in [9.17, 15) is 9.59 Å². The van der Waals surface area contributed by atoms with Crippen LogP contribution in [-0.4, -0.2) is 24.6 Å². The first-order valence-corrected chi connectivity index (χ1v) is 8.58. The Kier molecular flexibility index (Phi) is 6.75. The Hall–Kier alpha value is -2.85. The summed E-state index contributed by atoms with van der Waals surface area (Å²) < 4.78 is 11.3. The van der Waals surface area contributed by atoms with Crippen molar-refractivity contribution in [2.75, 3.05) is 11.9 Å². The van der Waals surface area contributed by atoms with Gasteiger partial charge in [0.1, 0.15) is 5.75 Å². The lowest BCUT2D eigenvalue weighted by molar-refractivity contribution is -0.153. The largest absolute Gasteiger partial charge is 0.479 e. The lowest BCUT2D eigenvalue weighted by atomic mass is 10.2. The highest BCUT2D eigenvalue weighted by Gasteiger charge is 2.18. The number of nitriles is 1. The number of nitrogens with zero attached hydrogens (tertiary/aromatic N) is 1. The molecule has 0 radical (unpaired) electrons. The van der Waals surface area contributed by atoms with Gasteiger partial charge in [-0.15, -0.1) is 0 Å². The molecular weight excluding hydrogens is 400 g/mol. The van der Waals surface area contributed by atoms with Gasteiger partial charge in [0.25, 0.3) is 5.91 Å². The van der Waals surface area contributed by atoms with Gasteiger partial charge in [0.2, 0.25) is 0 Å². The summed E-state index contributed by atoms with van der Waals surface area (Å²) >= 11 is 3.35. The smallest absolute Gasteiger partial charge is 0.347 e. The number of halogens is 1. The van der Waals surface area contributed by atoms with Crippen molar-refractivity contribution in [3.05, 3.63) is 58.1 Å². The Labute approximate surface area is 159 Å². The average Bonchev–Trinajstić information content (AvgIpc) is 2.62. The number of rotatable bonds is 6. The predicted molar refractivity (Wildman–Crippen MR) is 99.7 cm³/mol. The van der Waals surface area contributed by atoms with Crippen molar-refractivity contribution >= 4 is 33.5 Å². The second-order valence-electron chi connectivity index (χ2n) is 5.51. The Morgan fingerprint density at radius 2 is 1.92 bits per heavy atom. The molecule has 2 aromatic carbocycles. The van der Waals surface area contributed by atoms with Crippen LogP contribution in [0.2, 0.25) is 0 Å². The molecule has 0 bridgehead atoms. The first kappa shape index (κ1) is 19.5. The highest BCUT2D eigenvalue weighted by Crippen LogP contribution is 2.20. The van der Waals surface area contributed by atoms with E-state index in [-0.39, 0.29) is 0 Å². The molecule has 26 heavy (non-hydrogen) atoms. The number of benzene rings is 2. The zero-order valence-corrected chi connectivity index (χ0v) is 15.9. The average molecular weight is 417 g/mol. The third-order valence-electron chi connectivity index (χ3n) is 3.44. The van der Waals surface area contributed by atoms with Crippen LogP contribution in [-0.2, 0) is 14.3 Å². The van der Waals surface area contributed by atoms with E-state index >= 15 is 0 Å². The van der Waals surface area contributed by atoms with E-state index in [4.69, 9.17) is 14.7 Å². The maximum Gasteiger partial charge on any atom is 0.347 e.